The van der Waals surface area contributed by atoms with Crippen LogP contribution in [-0.4, -0.2) is 20.5 Å². The van der Waals surface area contributed by atoms with E-state index in [-0.39, 0.29) is 11.4 Å². The number of carbonyl (C=O) groups excluding carboxylic acids is 1. The molecule has 1 rings (SSSR count). The number of benzene rings is 1. The summed E-state index contributed by atoms with van der Waals surface area (Å²) in [7, 11) is -3.44. The molecule has 0 amide bonds. The van der Waals surface area contributed by atoms with E-state index in [4.69, 9.17) is 0 Å². The molecule has 0 heterocycles. The maximum atomic E-state index is 11.4. The minimum Gasteiger partial charge on any atom is -0.298 e. The van der Waals surface area contributed by atoms with Gasteiger partial charge < -0.3 is 0 Å². The van der Waals surface area contributed by atoms with Crippen molar-refractivity contribution in [1.29, 1.82) is 0 Å². The first-order valence-electron chi connectivity index (χ1n) is 4.24. The molecule has 1 aromatic carbocycles. The van der Waals surface area contributed by atoms with Gasteiger partial charge in [0.2, 0.25) is 10.0 Å². The fourth-order valence-corrected chi connectivity index (χ4v) is 1.97. The maximum absolute atomic E-state index is 11.4. The van der Waals surface area contributed by atoms with E-state index in [0.29, 0.717) is 11.8 Å². The lowest BCUT2D eigenvalue weighted by atomic mass is 10.2. The van der Waals surface area contributed by atoms with Crippen LogP contribution in [-0.2, 0) is 10.0 Å². The minimum absolute atomic E-state index is 0.180. The third-order valence-corrected chi connectivity index (χ3v) is 2.90. The van der Waals surface area contributed by atoms with Crippen molar-refractivity contribution in [3.8, 4) is 0 Å². The SMILES string of the molecule is C=CCS(=O)(=O)Nc1ccccc1C=O. The van der Waals surface area contributed by atoms with Crippen molar-refractivity contribution in [2.45, 2.75) is 0 Å². The molecular weight excluding hydrogens is 214 g/mol. The van der Waals surface area contributed by atoms with Gasteiger partial charge in [0.15, 0.2) is 6.29 Å². The van der Waals surface area contributed by atoms with Crippen LogP contribution in [0.1, 0.15) is 10.4 Å². The van der Waals surface area contributed by atoms with E-state index < -0.39 is 10.0 Å². The van der Waals surface area contributed by atoms with Crippen LogP contribution in [0.2, 0.25) is 0 Å². The molecule has 0 aliphatic rings. The Bertz CT molecular complexity index is 465. The van der Waals surface area contributed by atoms with Crippen LogP contribution in [0.15, 0.2) is 36.9 Å². The van der Waals surface area contributed by atoms with E-state index in [1.807, 2.05) is 0 Å². The molecule has 5 heteroatoms. The van der Waals surface area contributed by atoms with E-state index in [2.05, 4.69) is 11.3 Å². The Kier molecular flexibility index (Phi) is 3.62. The third kappa shape index (κ3) is 3.21. The van der Waals surface area contributed by atoms with Crippen LogP contribution in [0.5, 0.6) is 0 Å². The number of para-hydroxylation sites is 1. The van der Waals surface area contributed by atoms with Gasteiger partial charge in [-0.25, -0.2) is 8.42 Å². The number of anilines is 1. The summed E-state index contributed by atoms with van der Waals surface area (Å²) in [5, 5.41) is 0. The molecule has 0 bridgehead atoms. The average Bonchev–Trinajstić information content (AvgIpc) is 2.17. The van der Waals surface area contributed by atoms with Crippen LogP contribution >= 0.6 is 0 Å². The quantitative estimate of drug-likeness (QED) is 0.609. The van der Waals surface area contributed by atoms with E-state index in [9.17, 15) is 13.2 Å². The lowest BCUT2D eigenvalue weighted by molar-refractivity contribution is 0.112. The summed E-state index contributed by atoms with van der Waals surface area (Å²) in [6.45, 7) is 3.34. The topological polar surface area (TPSA) is 63.2 Å². The molecule has 80 valence electrons. The number of hydrogen-bond acceptors (Lipinski definition) is 3. The molecule has 0 unspecified atom stereocenters. The van der Waals surface area contributed by atoms with Crippen LogP contribution in [0.4, 0.5) is 5.69 Å². The molecule has 0 saturated heterocycles. The lowest BCUT2D eigenvalue weighted by Crippen LogP contribution is -2.16. The number of carbonyl (C=O) groups is 1. The smallest absolute Gasteiger partial charge is 0.236 e. The minimum atomic E-state index is -3.44. The molecule has 0 radical (unpaired) electrons. The monoisotopic (exact) mass is 225 g/mol. The highest BCUT2D eigenvalue weighted by Gasteiger charge is 2.09. The zero-order valence-electron chi connectivity index (χ0n) is 8.01. The van der Waals surface area contributed by atoms with Gasteiger partial charge in [-0.05, 0) is 12.1 Å². The molecule has 0 spiro atoms. The standard InChI is InChI=1S/C10H11NO3S/c1-2-7-15(13,14)11-10-6-4-3-5-9(10)8-12/h2-6,8,11H,1,7H2. The Labute approximate surface area is 88.7 Å². The zero-order chi connectivity index (χ0) is 11.3. The van der Waals surface area contributed by atoms with Crippen molar-refractivity contribution < 1.29 is 13.2 Å². The summed E-state index contributed by atoms with van der Waals surface area (Å²) >= 11 is 0. The van der Waals surface area contributed by atoms with Gasteiger partial charge in [-0.2, -0.15) is 0 Å². The van der Waals surface area contributed by atoms with Gasteiger partial charge in [-0.3, -0.25) is 9.52 Å². The zero-order valence-corrected chi connectivity index (χ0v) is 8.83. The van der Waals surface area contributed by atoms with Gasteiger partial charge in [-0.15, -0.1) is 6.58 Å². The second kappa shape index (κ2) is 4.75. The highest BCUT2D eigenvalue weighted by molar-refractivity contribution is 7.92. The van der Waals surface area contributed by atoms with Crippen molar-refractivity contribution in [3.63, 3.8) is 0 Å². The molecule has 1 aromatic rings. The van der Waals surface area contributed by atoms with Gasteiger partial charge >= 0.3 is 0 Å². The van der Waals surface area contributed by atoms with E-state index in [1.165, 1.54) is 12.1 Å². The summed E-state index contributed by atoms with van der Waals surface area (Å²) in [6, 6.07) is 6.39. The Balaban J connectivity index is 2.99. The van der Waals surface area contributed by atoms with Gasteiger partial charge in [0.25, 0.3) is 0 Å². The summed E-state index contributed by atoms with van der Waals surface area (Å²) in [5.41, 5.74) is 0.597. The first-order valence-corrected chi connectivity index (χ1v) is 5.90. The molecule has 0 aliphatic heterocycles. The molecule has 0 saturated carbocycles. The fourth-order valence-electron chi connectivity index (χ4n) is 1.06. The Morgan fingerprint density at radius 2 is 2.00 bits per heavy atom. The van der Waals surface area contributed by atoms with E-state index >= 15 is 0 Å². The predicted octanol–water partition coefficient (Wildman–Crippen LogP) is 1.43. The second-order valence-electron chi connectivity index (χ2n) is 2.88. The summed E-state index contributed by atoms with van der Waals surface area (Å²) in [5.74, 6) is -0.180. The summed E-state index contributed by atoms with van der Waals surface area (Å²) < 4.78 is 25.0. The van der Waals surface area contributed by atoms with Crippen molar-refractivity contribution in [1.82, 2.24) is 0 Å². The third-order valence-electron chi connectivity index (χ3n) is 1.69. The number of sulfonamides is 1. The second-order valence-corrected chi connectivity index (χ2v) is 4.64. The van der Waals surface area contributed by atoms with Crippen molar-refractivity contribution in [3.05, 3.63) is 42.5 Å². The predicted molar refractivity (Wildman–Crippen MR) is 59.4 cm³/mol. The van der Waals surface area contributed by atoms with Crippen molar-refractivity contribution in [2.24, 2.45) is 0 Å². The van der Waals surface area contributed by atoms with Crippen LogP contribution in [0.25, 0.3) is 0 Å². The van der Waals surface area contributed by atoms with E-state index in [0.717, 1.165) is 0 Å². The Morgan fingerprint density at radius 1 is 1.33 bits per heavy atom. The molecule has 0 fully saturated rings. The van der Waals surface area contributed by atoms with Crippen molar-refractivity contribution in [2.75, 3.05) is 10.5 Å². The van der Waals surface area contributed by atoms with Crippen LogP contribution in [0.3, 0.4) is 0 Å². The van der Waals surface area contributed by atoms with E-state index in [1.54, 1.807) is 18.2 Å². The van der Waals surface area contributed by atoms with Gasteiger partial charge in [0.05, 0.1) is 11.4 Å². The van der Waals surface area contributed by atoms with Crippen LogP contribution < -0.4 is 4.72 Å². The maximum Gasteiger partial charge on any atom is 0.236 e. The number of rotatable bonds is 5. The molecule has 0 aromatic heterocycles. The number of nitrogens with one attached hydrogen (secondary N) is 1. The first kappa shape index (κ1) is 11.5. The summed E-state index contributed by atoms with van der Waals surface area (Å²) in [6.07, 6.45) is 1.89. The molecule has 4 nitrogen and oxygen atoms in total. The molecule has 0 aliphatic carbocycles. The molecule has 0 atom stereocenters. The van der Waals surface area contributed by atoms with Gasteiger partial charge in [0, 0.05) is 5.56 Å². The number of hydrogen-bond donors (Lipinski definition) is 1. The highest BCUT2D eigenvalue weighted by Crippen LogP contribution is 2.14. The Hall–Kier alpha value is -1.62. The van der Waals surface area contributed by atoms with Crippen molar-refractivity contribution >= 4 is 22.0 Å². The summed E-state index contributed by atoms with van der Waals surface area (Å²) in [4.78, 5) is 10.6. The highest BCUT2D eigenvalue weighted by atomic mass is 32.2. The molecule has 15 heavy (non-hydrogen) atoms. The Morgan fingerprint density at radius 3 is 2.60 bits per heavy atom. The molecular formula is C10H11NO3S. The largest absolute Gasteiger partial charge is 0.298 e. The van der Waals surface area contributed by atoms with Crippen LogP contribution in [0, 0.1) is 0 Å². The average molecular weight is 225 g/mol. The van der Waals surface area contributed by atoms with Gasteiger partial charge in [0.1, 0.15) is 0 Å². The number of aldehydes is 1. The lowest BCUT2D eigenvalue weighted by Gasteiger charge is -2.07. The first-order chi connectivity index (χ1) is 7.09. The van der Waals surface area contributed by atoms with Gasteiger partial charge in [-0.1, -0.05) is 18.2 Å². The normalized spacial score (nSPS) is 10.7. The fraction of sp³-hybridized carbons (Fsp3) is 0.100. The molecule has 1 N–H and O–H groups in total.